The van der Waals surface area contributed by atoms with Crippen molar-refractivity contribution in [3.63, 3.8) is 0 Å². The van der Waals surface area contributed by atoms with E-state index in [-0.39, 0.29) is 5.78 Å². The summed E-state index contributed by atoms with van der Waals surface area (Å²) in [6.07, 6.45) is 2.13. The Morgan fingerprint density at radius 1 is 1.13 bits per heavy atom. The molecule has 2 rings (SSSR count). The van der Waals surface area contributed by atoms with Gasteiger partial charge in [0, 0.05) is 16.4 Å². The second-order valence-electron chi connectivity index (χ2n) is 4.08. The van der Waals surface area contributed by atoms with Crippen LogP contribution < -0.4 is 0 Å². The number of hydrogen-bond acceptors (Lipinski definition) is 2. The third-order valence-electron chi connectivity index (χ3n) is 3.02. The molecule has 1 aliphatic rings. The first-order chi connectivity index (χ1) is 7.10. The van der Waals surface area contributed by atoms with Crippen LogP contribution in [0.1, 0.15) is 31.2 Å². The van der Waals surface area contributed by atoms with E-state index >= 15 is 0 Å². The van der Waals surface area contributed by atoms with Crippen LogP contribution >= 0.6 is 22.6 Å². The Hall–Kier alpha value is -0.420. The SMILES string of the molecule is O=C1CCC(O)(c2ccc(I)cc2)CC1. The van der Waals surface area contributed by atoms with Crippen molar-refractivity contribution in [2.45, 2.75) is 31.3 Å². The van der Waals surface area contributed by atoms with Crippen molar-refractivity contribution in [3.05, 3.63) is 33.4 Å². The molecule has 1 saturated carbocycles. The van der Waals surface area contributed by atoms with Crippen molar-refractivity contribution < 1.29 is 9.90 Å². The van der Waals surface area contributed by atoms with Gasteiger partial charge in [0.15, 0.2) is 0 Å². The van der Waals surface area contributed by atoms with E-state index in [9.17, 15) is 9.90 Å². The summed E-state index contributed by atoms with van der Waals surface area (Å²) in [5.74, 6) is 0.269. The van der Waals surface area contributed by atoms with Crippen molar-refractivity contribution >= 4 is 28.4 Å². The predicted octanol–water partition coefficient (Wildman–Crippen LogP) is 2.62. The summed E-state index contributed by atoms with van der Waals surface area (Å²) >= 11 is 2.24. The molecule has 0 unspecified atom stereocenters. The monoisotopic (exact) mass is 316 g/mol. The molecule has 1 N–H and O–H groups in total. The number of ketones is 1. The first kappa shape index (κ1) is 11.1. The number of rotatable bonds is 1. The molecule has 0 bridgehead atoms. The normalized spacial score (nSPS) is 20.3. The number of Topliss-reactive ketones (excluding diaryl/α,β-unsaturated/α-hetero) is 1. The zero-order valence-corrected chi connectivity index (χ0v) is 10.5. The average molecular weight is 316 g/mol. The zero-order chi connectivity index (χ0) is 10.9. The lowest BCUT2D eigenvalue weighted by Crippen LogP contribution is -2.31. The van der Waals surface area contributed by atoms with Gasteiger partial charge >= 0.3 is 0 Å². The standard InChI is InChI=1S/C12H13IO2/c13-10-3-1-9(2-4-10)12(15)7-5-11(14)6-8-12/h1-4,15H,5-8H2. The van der Waals surface area contributed by atoms with Crippen LogP contribution in [0.3, 0.4) is 0 Å². The van der Waals surface area contributed by atoms with Gasteiger partial charge in [-0.25, -0.2) is 0 Å². The lowest BCUT2D eigenvalue weighted by molar-refractivity contribution is -0.125. The summed E-state index contributed by atoms with van der Waals surface area (Å²) < 4.78 is 1.16. The molecule has 0 heterocycles. The molecule has 1 fully saturated rings. The highest BCUT2D eigenvalue weighted by molar-refractivity contribution is 14.1. The zero-order valence-electron chi connectivity index (χ0n) is 8.37. The highest BCUT2D eigenvalue weighted by atomic mass is 127. The molecule has 0 spiro atoms. The smallest absolute Gasteiger partial charge is 0.133 e. The van der Waals surface area contributed by atoms with Gasteiger partial charge in [0.1, 0.15) is 5.78 Å². The Labute approximate surface area is 103 Å². The summed E-state index contributed by atoms with van der Waals surface area (Å²) in [6.45, 7) is 0. The number of hydrogen-bond donors (Lipinski definition) is 1. The highest BCUT2D eigenvalue weighted by Crippen LogP contribution is 2.35. The van der Waals surface area contributed by atoms with Gasteiger partial charge in [-0.15, -0.1) is 0 Å². The van der Waals surface area contributed by atoms with Crippen LogP contribution in [0.4, 0.5) is 0 Å². The number of benzene rings is 1. The molecule has 0 saturated heterocycles. The van der Waals surface area contributed by atoms with Gasteiger partial charge in [-0.05, 0) is 53.1 Å². The van der Waals surface area contributed by atoms with E-state index in [4.69, 9.17) is 0 Å². The summed E-state index contributed by atoms with van der Waals surface area (Å²) in [6, 6.07) is 7.89. The maximum atomic E-state index is 11.1. The van der Waals surface area contributed by atoms with Crippen LogP contribution in [0, 0.1) is 3.57 Å². The maximum absolute atomic E-state index is 11.1. The average Bonchev–Trinajstić information content (AvgIpc) is 2.24. The van der Waals surface area contributed by atoms with Crippen LogP contribution in [0.5, 0.6) is 0 Å². The number of halogens is 1. The van der Waals surface area contributed by atoms with E-state index in [1.807, 2.05) is 24.3 Å². The minimum absolute atomic E-state index is 0.269. The molecule has 0 amide bonds. The molecule has 1 aromatic carbocycles. The predicted molar refractivity (Wildman–Crippen MR) is 66.5 cm³/mol. The molecule has 0 aliphatic heterocycles. The fourth-order valence-corrected chi connectivity index (χ4v) is 2.35. The van der Waals surface area contributed by atoms with Crippen LogP contribution in [0.2, 0.25) is 0 Å². The van der Waals surface area contributed by atoms with Gasteiger partial charge in [-0.2, -0.15) is 0 Å². The van der Waals surface area contributed by atoms with Crippen LogP contribution in [-0.2, 0) is 10.4 Å². The largest absolute Gasteiger partial charge is 0.385 e. The second-order valence-corrected chi connectivity index (χ2v) is 5.32. The summed E-state index contributed by atoms with van der Waals surface area (Å²) in [5, 5.41) is 10.4. The Kier molecular flexibility index (Phi) is 3.11. The van der Waals surface area contributed by atoms with Crippen molar-refractivity contribution in [2.75, 3.05) is 0 Å². The first-order valence-electron chi connectivity index (χ1n) is 5.10. The van der Waals surface area contributed by atoms with Crippen molar-refractivity contribution in [3.8, 4) is 0 Å². The van der Waals surface area contributed by atoms with E-state index < -0.39 is 5.60 Å². The fraction of sp³-hybridized carbons (Fsp3) is 0.417. The topological polar surface area (TPSA) is 37.3 Å². The summed E-state index contributed by atoms with van der Waals surface area (Å²) in [4.78, 5) is 11.1. The molecule has 3 heteroatoms. The molecule has 80 valence electrons. The molecule has 15 heavy (non-hydrogen) atoms. The van der Waals surface area contributed by atoms with Gasteiger partial charge < -0.3 is 5.11 Å². The molecule has 1 aromatic rings. The second kappa shape index (κ2) is 4.22. The Bertz CT molecular complexity index is 360. The lowest BCUT2D eigenvalue weighted by atomic mass is 9.79. The van der Waals surface area contributed by atoms with Crippen LogP contribution in [-0.4, -0.2) is 10.9 Å². The quantitative estimate of drug-likeness (QED) is 0.809. The number of aliphatic hydroxyl groups is 1. The van der Waals surface area contributed by atoms with E-state index in [1.165, 1.54) is 0 Å². The van der Waals surface area contributed by atoms with Crippen LogP contribution in [0.15, 0.2) is 24.3 Å². The third kappa shape index (κ3) is 2.39. The highest BCUT2D eigenvalue weighted by Gasteiger charge is 2.33. The van der Waals surface area contributed by atoms with E-state index in [0.29, 0.717) is 25.7 Å². The van der Waals surface area contributed by atoms with Gasteiger partial charge in [0.25, 0.3) is 0 Å². The minimum atomic E-state index is -0.780. The molecule has 2 nitrogen and oxygen atoms in total. The van der Waals surface area contributed by atoms with Gasteiger partial charge in [0.2, 0.25) is 0 Å². The van der Waals surface area contributed by atoms with Crippen molar-refractivity contribution in [2.24, 2.45) is 0 Å². The summed E-state index contributed by atoms with van der Waals surface area (Å²) in [5.41, 5.74) is 0.161. The third-order valence-corrected chi connectivity index (χ3v) is 3.74. The number of carbonyl (C=O) groups excluding carboxylic acids is 1. The Morgan fingerprint density at radius 2 is 1.67 bits per heavy atom. The molecule has 0 aromatic heterocycles. The number of carbonyl (C=O) groups is 1. The summed E-state index contributed by atoms with van der Waals surface area (Å²) in [7, 11) is 0. The van der Waals surface area contributed by atoms with Crippen molar-refractivity contribution in [1.29, 1.82) is 0 Å². The van der Waals surface area contributed by atoms with Crippen molar-refractivity contribution in [1.82, 2.24) is 0 Å². The molecule has 0 radical (unpaired) electrons. The maximum Gasteiger partial charge on any atom is 0.133 e. The Morgan fingerprint density at radius 3 is 2.20 bits per heavy atom. The molecule has 0 atom stereocenters. The fourth-order valence-electron chi connectivity index (χ4n) is 1.99. The van der Waals surface area contributed by atoms with E-state index in [1.54, 1.807) is 0 Å². The van der Waals surface area contributed by atoms with Crippen LogP contribution in [0.25, 0.3) is 0 Å². The molecular weight excluding hydrogens is 303 g/mol. The van der Waals surface area contributed by atoms with E-state index in [2.05, 4.69) is 22.6 Å². The Balaban J connectivity index is 2.22. The minimum Gasteiger partial charge on any atom is -0.385 e. The van der Waals surface area contributed by atoms with E-state index in [0.717, 1.165) is 9.13 Å². The van der Waals surface area contributed by atoms with Gasteiger partial charge in [-0.1, -0.05) is 12.1 Å². The molecular formula is C12H13IO2. The van der Waals surface area contributed by atoms with Gasteiger partial charge in [-0.3, -0.25) is 4.79 Å². The first-order valence-corrected chi connectivity index (χ1v) is 6.18. The van der Waals surface area contributed by atoms with Gasteiger partial charge in [0.05, 0.1) is 5.60 Å². The lowest BCUT2D eigenvalue weighted by Gasteiger charge is -2.31. The molecule has 1 aliphatic carbocycles.